The first-order chi connectivity index (χ1) is 7.66. The lowest BCUT2D eigenvalue weighted by Crippen LogP contribution is -2.33. The van der Waals surface area contributed by atoms with E-state index < -0.39 is 0 Å². The van der Waals surface area contributed by atoms with Crippen molar-refractivity contribution >= 4 is 5.91 Å². The number of hydrogen-bond acceptors (Lipinski definition) is 3. The number of nitrogens with one attached hydrogen (secondary N) is 1. The van der Waals surface area contributed by atoms with Crippen molar-refractivity contribution in [3.63, 3.8) is 0 Å². The molecule has 0 spiro atoms. The van der Waals surface area contributed by atoms with E-state index in [0.717, 1.165) is 11.3 Å². The maximum atomic E-state index is 11.6. The van der Waals surface area contributed by atoms with Gasteiger partial charge in [0.15, 0.2) is 0 Å². The lowest BCUT2D eigenvalue weighted by molar-refractivity contribution is -0.122. The summed E-state index contributed by atoms with van der Waals surface area (Å²) in [5.41, 5.74) is 6.61. The molecule has 3 N–H and O–H groups in total. The zero-order valence-corrected chi connectivity index (χ0v) is 9.27. The van der Waals surface area contributed by atoms with Crippen molar-refractivity contribution in [2.75, 3.05) is 6.61 Å². The summed E-state index contributed by atoms with van der Waals surface area (Å²) in [4.78, 5) is 11.6. The van der Waals surface area contributed by atoms with Gasteiger partial charge in [-0.3, -0.25) is 4.79 Å². The fraction of sp³-hybridized carbons (Fsp3) is 0.417. The summed E-state index contributed by atoms with van der Waals surface area (Å²) in [5, 5.41) is 2.92. The Kier molecular flexibility index (Phi) is 3.10. The monoisotopic (exact) mass is 220 g/mol. The van der Waals surface area contributed by atoms with Crippen LogP contribution in [0.15, 0.2) is 24.3 Å². The van der Waals surface area contributed by atoms with E-state index >= 15 is 0 Å². The van der Waals surface area contributed by atoms with Crippen LogP contribution in [0.1, 0.15) is 24.9 Å². The molecule has 1 amide bonds. The van der Waals surface area contributed by atoms with Crippen LogP contribution < -0.4 is 15.8 Å². The van der Waals surface area contributed by atoms with Crippen LogP contribution >= 0.6 is 0 Å². The van der Waals surface area contributed by atoms with Gasteiger partial charge in [0, 0.05) is 18.0 Å². The predicted octanol–water partition coefficient (Wildman–Crippen LogP) is 0.974. The Hall–Kier alpha value is -1.55. The summed E-state index contributed by atoms with van der Waals surface area (Å²) in [6.45, 7) is 2.32. The molecule has 86 valence electrons. The van der Waals surface area contributed by atoms with E-state index in [0.29, 0.717) is 13.0 Å². The van der Waals surface area contributed by atoms with Crippen LogP contribution in [0.5, 0.6) is 5.75 Å². The Balaban J connectivity index is 2.00. The molecule has 0 aliphatic carbocycles. The Morgan fingerprint density at radius 3 is 3.12 bits per heavy atom. The first kappa shape index (κ1) is 11.0. The van der Waals surface area contributed by atoms with Gasteiger partial charge in [-0.05, 0) is 13.0 Å². The normalized spacial score (nSPS) is 19.8. The molecule has 0 fully saturated rings. The van der Waals surface area contributed by atoms with Crippen molar-refractivity contribution < 1.29 is 9.53 Å². The van der Waals surface area contributed by atoms with Gasteiger partial charge in [0.1, 0.15) is 12.4 Å². The number of carbonyl (C=O) groups excluding carboxylic acids is 1. The highest BCUT2D eigenvalue weighted by atomic mass is 16.5. The van der Waals surface area contributed by atoms with Crippen molar-refractivity contribution in [2.24, 2.45) is 5.73 Å². The first-order valence-corrected chi connectivity index (χ1v) is 5.43. The zero-order valence-electron chi connectivity index (χ0n) is 9.27. The molecule has 1 aliphatic rings. The quantitative estimate of drug-likeness (QED) is 0.798. The SMILES string of the molecule is CC(N)CC(=O)NC1COc2ccccc21. The molecule has 2 atom stereocenters. The van der Waals surface area contributed by atoms with Gasteiger partial charge in [0.05, 0.1) is 6.04 Å². The van der Waals surface area contributed by atoms with Crippen LogP contribution in [0.25, 0.3) is 0 Å². The highest BCUT2D eigenvalue weighted by Gasteiger charge is 2.24. The summed E-state index contributed by atoms with van der Waals surface area (Å²) in [5.74, 6) is 0.828. The summed E-state index contributed by atoms with van der Waals surface area (Å²) in [6.07, 6.45) is 0.346. The molecule has 2 rings (SSSR count). The smallest absolute Gasteiger partial charge is 0.222 e. The maximum Gasteiger partial charge on any atom is 0.222 e. The van der Waals surface area contributed by atoms with Gasteiger partial charge in [-0.25, -0.2) is 0 Å². The van der Waals surface area contributed by atoms with Crippen molar-refractivity contribution in [3.8, 4) is 5.75 Å². The largest absolute Gasteiger partial charge is 0.491 e. The summed E-state index contributed by atoms with van der Waals surface area (Å²) >= 11 is 0. The average molecular weight is 220 g/mol. The van der Waals surface area contributed by atoms with Crippen molar-refractivity contribution in [1.29, 1.82) is 0 Å². The van der Waals surface area contributed by atoms with E-state index in [1.165, 1.54) is 0 Å². The fourth-order valence-corrected chi connectivity index (χ4v) is 1.83. The van der Waals surface area contributed by atoms with E-state index in [-0.39, 0.29) is 18.0 Å². The van der Waals surface area contributed by atoms with Gasteiger partial charge < -0.3 is 15.8 Å². The van der Waals surface area contributed by atoms with E-state index in [1.54, 1.807) is 0 Å². The number of hydrogen-bond donors (Lipinski definition) is 2. The van der Waals surface area contributed by atoms with E-state index in [9.17, 15) is 4.79 Å². The molecule has 0 saturated heterocycles. The number of fused-ring (bicyclic) bond motifs is 1. The van der Waals surface area contributed by atoms with Gasteiger partial charge in [-0.1, -0.05) is 18.2 Å². The number of nitrogens with two attached hydrogens (primary N) is 1. The van der Waals surface area contributed by atoms with Gasteiger partial charge in [-0.15, -0.1) is 0 Å². The number of rotatable bonds is 3. The lowest BCUT2D eigenvalue weighted by atomic mass is 10.1. The molecule has 0 aromatic heterocycles. The maximum absolute atomic E-state index is 11.6. The van der Waals surface area contributed by atoms with Crippen LogP contribution in [0.4, 0.5) is 0 Å². The van der Waals surface area contributed by atoms with E-state index in [1.807, 2.05) is 31.2 Å². The molecule has 1 aromatic rings. The Bertz CT molecular complexity index is 390. The minimum absolute atomic E-state index is 0.0275. The van der Waals surface area contributed by atoms with Crippen LogP contribution in [0, 0.1) is 0 Å². The number of para-hydroxylation sites is 1. The molecule has 4 heteroatoms. The molecular formula is C12H16N2O2. The van der Waals surface area contributed by atoms with Crippen LogP contribution in [0.2, 0.25) is 0 Å². The molecule has 1 aliphatic heterocycles. The summed E-state index contributed by atoms with van der Waals surface area (Å²) < 4.78 is 5.47. The van der Waals surface area contributed by atoms with Crippen molar-refractivity contribution in [1.82, 2.24) is 5.32 Å². The lowest BCUT2D eigenvalue weighted by Gasteiger charge is -2.12. The second-order valence-corrected chi connectivity index (χ2v) is 4.15. The Morgan fingerprint density at radius 2 is 2.38 bits per heavy atom. The number of ether oxygens (including phenoxy) is 1. The Labute approximate surface area is 94.8 Å². The molecule has 16 heavy (non-hydrogen) atoms. The second-order valence-electron chi connectivity index (χ2n) is 4.15. The highest BCUT2D eigenvalue weighted by Crippen LogP contribution is 2.31. The third-order valence-electron chi connectivity index (χ3n) is 2.54. The van der Waals surface area contributed by atoms with Gasteiger partial charge in [0.2, 0.25) is 5.91 Å². The Morgan fingerprint density at radius 1 is 1.62 bits per heavy atom. The van der Waals surface area contributed by atoms with Crippen LogP contribution in [-0.2, 0) is 4.79 Å². The van der Waals surface area contributed by atoms with E-state index in [4.69, 9.17) is 10.5 Å². The number of amides is 1. The van der Waals surface area contributed by atoms with Crippen molar-refractivity contribution in [3.05, 3.63) is 29.8 Å². The van der Waals surface area contributed by atoms with Gasteiger partial charge in [0.25, 0.3) is 0 Å². The topological polar surface area (TPSA) is 64.4 Å². The number of benzene rings is 1. The minimum Gasteiger partial charge on any atom is -0.491 e. The van der Waals surface area contributed by atoms with Gasteiger partial charge >= 0.3 is 0 Å². The molecule has 0 bridgehead atoms. The van der Waals surface area contributed by atoms with Crippen LogP contribution in [-0.4, -0.2) is 18.6 Å². The molecule has 0 radical (unpaired) electrons. The predicted molar refractivity (Wildman–Crippen MR) is 61.1 cm³/mol. The number of carbonyl (C=O) groups is 1. The zero-order chi connectivity index (χ0) is 11.5. The first-order valence-electron chi connectivity index (χ1n) is 5.43. The van der Waals surface area contributed by atoms with Crippen molar-refractivity contribution in [2.45, 2.75) is 25.4 Å². The standard InChI is InChI=1S/C12H16N2O2/c1-8(13)6-12(15)14-10-7-16-11-5-3-2-4-9(10)11/h2-5,8,10H,6-7,13H2,1H3,(H,14,15). The second kappa shape index (κ2) is 4.53. The summed E-state index contributed by atoms with van der Waals surface area (Å²) in [7, 11) is 0. The average Bonchev–Trinajstić information content (AvgIpc) is 2.61. The fourth-order valence-electron chi connectivity index (χ4n) is 1.83. The third-order valence-corrected chi connectivity index (χ3v) is 2.54. The van der Waals surface area contributed by atoms with Gasteiger partial charge in [-0.2, -0.15) is 0 Å². The molecule has 1 heterocycles. The minimum atomic E-state index is -0.113. The molecule has 2 unspecified atom stereocenters. The molecule has 1 aromatic carbocycles. The molecule has 4 nitrogen and oxygen atoms in total. The summed E-state index contributed by atoms with van der Waals surface area (Å²) in [6, 6.07) is 7.59. The van der Waals surface area contributed by atoms with Crippen LogP contribution in [0.3, 0.4) is 0 Å². The third kappa shape index (κ3) is 2.33. The highest BCUT2D eigenvalue weighted by molar-refractivity contribution is 5.77. The van der Waals surface area contributed by atoms with E-state index in [2.05, 4.69) is 5.32 Å². The molecular weight excluding hydrogens is 204 g/mol. The molecule has 0 saturated carbocycles.